The SMILES string of the molecule is COC(C)(C)CCOCc1cc(C)c(C(=O)NN)o1. The minimum absolute atomic E-state index is 0.205. The van der Waals surface area contributed by atoms with Crippen LogP contribution in [0.25, 0.3) is 0 Å². The van der Waals surface area contributed by atoms with Crippen molar-refractivity contribution in [3.8, 4) is 0 Å². The van der Waals surface area contributed by atoms with Gasteiger partial charge in [0.25, 0.3) is 0 Å². The zero-order valence-electron chi connectivity index (χ0n) is 11.9. The van der Waals surface area contributed by atoms with E-state index in [2.05, 4.69) is 0 Å². The number of carbonyl (C=O) groups is 1. The van der Waals surface area contributed by atoms with Gasteiger partial charge in [0.15, 0.2) is 5.76 Å². The number of nitrogen functional groups attached to an aromatic ring is 1. The number of hydrazine groups is 1. The quantitative estimate of drug-likeness (QED) is 0.339. The van der Waals surface area contributed by atoms with E-state index in [0.29, 0.717) is 19.0 Å². The van der Waals surface area contributed by atoms with Crippen molar-refractivity contribution in [2.45, 2.75) is 39.4 Å². The Morgan fingerprint density at radius 3 is 2.79 bits per heavy atom. The third-order valence-electron chi connectivity index (χ3n) is 2.95. The van der Waals surface area contributed by atoms with E-state index in [4.69, 9.17) is 19.7 Å². The van der Waals surface area contributed by atoms with Gasteiger partial charge >= 0.3 is 5.91 Å². The van der Waals surface area contributed by atoms with E-state index in [1.807, 2.05) is 19.3 Å². The first-order valence-corrected chi connectivity index (χ1v) is 6.13. The van der Waals surface area contributed by atoms with Crippen LogP contribution >= 0.6 is 0 Å². The normalized spacial score (nSPS) is 11.6. The van der Waals surface area contributed by atoms with Crippen LogP contribution in [0.5, 0.6) is 0 Å². The lowest BCUT2D eigenvalue weighted by Crippen LogP contribution is -2.30. The van der Waals surface area contributed by atoms with Crippen LogP contribution < -0.4 is 11.3 Å². The summed E-state index contributed by atoms with van der Waals surface area (Å²) < 4.78 is 16.2. The summed E-state index contributed by atoms with van der Waals surface area (Å²) in [6, 6.07) is 1.77. The van der Waals surface area contributed by atoms with Gasteiger partial charge in [-0.05, 0) is 33.3 Å². The first-order chi connectivity index (χ1) is 8.89. The Kier molecular flexibility index (Phi) is 5.53. The van der Waals surface area contributed by atoms with Gasteiger partial charge in [0.2, 0.25) is 0 Å². The number of carbonyl (C=O) groups excluding carboxylic acids is 1. The molecule has 0 aliphatic carbocycles. The van der Waals surface area contributed by atoms with E-state index >= 15 is 0 Å². The fourth-order valence-corrected chi connectivity index (χ4v) is 1.50. The van der Waals surface area contributed by atoms with Gasteiger partial charge in [0.1, 0.15) is 12.4 Å². The average Bonchev–Trinajstić information content (AvgIpc) is 2.75. The molecule has 19 heavy (non-hydrogen) atoms. The average molecular weight is 270 g/mol. The Hall–Kier alpha value is -1.37. The monoisotopic (exact) mass is 270 g/mol. The van der Waals surface area contributed by atoms with Crippen molar-refractivity contribution in [3.63, 3.8) is 0 Å². The summed E-state index contributed by atoms with van der Waals surface area (Å²) in [5.41, 5.74) is 2.57. The van der Waals surface area contributed by atoms with Crippen molar-refractivity contribution < 1.29 is 18.7 Å². The van der Waals surface area contributed by atoms with E-state index in [-0.39, 0.29) is 11.4 Å². The van der Waals surface area contributed by atoms with Crippen LogP contribution in [0.1, 0.15) is 42.1 Å². The molecule has 0 aliphatic heterocycles. The molecule has 1 aromatic heterocycles. The lowest BCUT2D eigenvalue weighted by atomic mass is 10.1. The van der Waals surface area contributed by atoms with Gasteiger partial charge in [-0.15, -0.1) is 0 Å². The number of hydrogen-bond donors (Lipinski definition) is 2. The van der Waals surface area contributed by atoms with Gasteiger partial charge in [-0.2, -0.15) is 0 Å². The summed E-state index contributed by atoms with van der Waals surface area (Å²) in [5.74, 6) is 5.45. The zero-order valence-corrected chi connectivity index (χ0v) is 11.9. The number of aryl methyl sites for hydroxylation is 1. The molecule has 1 amide bonds. The molecule has 0 saturated heterocycles. The smallest absolute Gasteiger partial charge is 0.301 e. The highest BCUT2D eigenvalue weighted by Crippen LogP contribution is 2.17. The number of rotatable bonds is 7. The van der Waals surface area contributed by atoms with Gasteiger partial charge in [-0.25, -0.2) is 5.84 Å². The van der Waals surface area contributed by atoms with Crippen LogP contribution in [0.15, 0.2) is 10.5 Å². The maximum atomic E-state index is 11.4. The fraction of sp³-hybridized carbons (Fsp3) is 0.615. The molecule has 0 unspecified atom stereocenters. The number of furan rings is 1. The molecule has 6 nitrogen and oxygen atoms in total. The van der Waals surface area contributed by atoms with Gasteiger partial charge in [0, 0.05) is 19.3 Å². The fourth-order valence-electron chi connectivity index (χ4n) is 1.50. The maximum Gasteiger partial charge on any atom is 0.301 e. The summed E-state index contributed by atoms with van der Waals surface area (Å²) in [7, 11) is 1.67. The molecule has 3 N–H and O–H groups in total. The lowest BCUT2D eigenvalue weighted by molar-refractivity contribution is -0.0143. The minimum Gasteiger partial charge on any atom is -0.453 e. The van der Waals surface area contributed by atoms with E-state index in [1.54, 1.807) is 20.1 Å². The topological polar surface area (TPSA) is 86.7 Å². The Labute approximate surface area is 113 Å². The standard InChI is InChI=1S/C13H22N2O4/c1-9-7-10(19-11(9)12(16)15-14)8-18-6-5-13(2,3)17-4/h7H,5-6,8,14H2,1-4H3,(H,15,16). The highest BCUT2D eigenvalue weighted by molar-refractivity contribution is 5.92. The van der Waals surface area contributed by atoms with E-state index in [0.717, 1.165) is 12.0 Å². The molecule has 0 aliphatic rings. The second kappa shape index (κ2) is 6.70. The number of amides is 1. The Bertz CT molecular complexity index is 426. The van der Waals surface area contributed by atoms with Gasteiger partial charge < -0.3 is 13.9 Å². The third-order valence-corrected chi connectivity index (χ3v) is 2.95. The van der Waals surface area contributed by atoms with E-state index < -0.39 is 5.91 Å². The second-order valence-corrected chi connectivity index (χ2v) is 4.96. The molecule has 0 radical (unpaired) electrons. The molecule has 6 heteroatoms. The summed E-state index contributed by atoms with van der Waals surface area (Å²) in [6.07, 6.45) is 0.777. The van der Waals surface area contributed by atoms with Crippen LogP contribution in [0.3, 0.4) is 0 Å². The maximum absolute atomic E-state index is 11.4. The van der Waals surface area contributed by atoms with Crippen molar-refractivity contribution in [2.24, 2.45) is 5.84 Å². The van der Waals surface area contributed by atoms with E-state index in [9.17, 15) is 4.79 Å². The molecule has 0 saturated carbocycles. The molecule has 1 rings (SSSR count). The predicted octanol–water partition coefficient (Wildman–Crippen LogP) is 1.52. The highest BCUT2D eigenvalue weighted by atomic mass is 16.5. The van der Waals surface area contributed by atoms with Crippen LogP contribution in [-0.4, -0.2) is 25.2 Å². The minimum atomic E-state index is -0.440. The number of ether oxygens (including phenoxy) is 2. The van der Waals surface area contributed by atoms with Crippen LogP contribution in [-0.2, 0) is 16.1 Å². The molecule has 0 spiro atoms. The van der Waals surface area contributed by atoms with Crippen molar-refractivity contribution in [3.05, 3.63) is 23.2 Å². The molecular weight excluding hydrogens is 248 g/mol. The number of nitrogens with one attached hydrogen (secondary N) is 1. The predicted molar refractivity (Wildman–Crippen MR) is 70.5 cm³/mol. The van der Waals surface area contributed by atoms with E-state index in [1.165, 1.54) is 0 Å². The van der Waals surface area contributed by atoms with Crippen molar-refractivity contribution in [2.75, 3.05) is 13.7 Å². The Morgan fingerprint density at radius 2 is 2.21 bits per heavy atom. The van der Waals surface area contributed by atoms with Crippen LogP contribution in [0.2, 0.25) is 0 Å². The molecule has 108 valence electrons. The van der Waals surface area contributed by atoms with Crippen molar-refractivity contribution in [1.29, 1.82) is 0 Å². The molecule has 1 heterocycles. The lowest BCUT2D eigenvalue weighted by Gasteiger charge is -2.22. The Morgan fingerprint density at radius 1 is 1.53 bits per heavy atom. The van der Waals surface area contributed by atoms with Gasteiger partial charge in [-0.3, -0.25) is 10.2 Å². The van der Waals surface area contributed by atoms with Crippen molar-refractivity contribution in [1.82, 2.24) is 5.43 Å². The number of nitrogens with two attached hydrogens (primary N) is 1. The third kappa shape index (κ3) is 4.66. The molecule has 0 atom stereocenters. The molecule has 0 fully saturated rings. The van der Waals surface area contributed by atoms with Crippen LogP contribution in [0.4, 0.5) is 0 Å². The number of methoxy groups -OCH3 is 1. The molecular formula is C13H22N2O4. The summed E-state index contributed by atoms with van der Waals surface area (Å²) >= 11 is 0. The largest absolute Gasteiger partial charge is 0.453 e. The van der Waals surface area contributed by atoms with Gasteiger partial charge in [-0.1, -0.05) is 0 Å². The summed E-state index contributed by atoms with van der Waals surface area (Å²) in [4.78, 5) is 11.4. The zero-order chi connectivity index (χ0) is 14.5. The first-order valence-electron chi connectivity index (χ1n) is 6.13. The second-order valence-electron chi connectivity index (χ2n) is 4.96. The molecule has 0 aromatic carbocycles. The Balaban J connectivity index is 2.44. The van der Waals surface area contributed by atoms with Crippen molar-refractivity contribution >= 4 is 5.91 Å². The summed E-state index contributed by atoms with van der Waals surface area (Å²) in [6.45, 7) is 6.65. The highest BCUT2D eigenvalue weighted by Gasteiger charge is 2.17. The van der Waals surface area contributed by atoms with Crippen LogP contribution in [0, 0.1) is 6.92 Å². The number of hydrogen-bond acceptors (Lipinski definition) is 5. The van der Waals surface area contributed by atoms with Gasteiger partial charge in [0.05, 0.1) is 5.60 Å². The molecule has 1 aromatic rings. The molecule has 0 bridgehead atoms. The summed E-state index contributed by atoms with van der Waals surface area (Å²) in [5, 5.41) is 0. The first kappa shape index (κ1) is 15.7.